The van der Waals surface area contributed by atoms with E-state index in [0.717, 1.165) is 15.9 Å². The summed E-state index contributed by atoms with van der Waals surface area (Å²) in [5, 5.41) is 3.08. The predicted octanol–water partition coefficient (Wildman–Crippen LogP) is -1.78. The van der Waals surface area contributed by atoms with E-state index >= 15 is 0 Å². The van der Waals surface area contributed by atoms with Gasteiger partial charge in [0, 0.05) is 0 Å². The van der Waals surface area contributed by atoms with Gasteiger partial charge in [0.2, 0.25) is 0 Å². The third-order valence-electron chi connectivity index (χ3n) is 2.37. The number of nitrogens with zero attached hydrogens (tertiary/aromatic N) is 3. The topological polar surface area (TPSA) is 42.2 Å². The van der Waals surface area contributed by atoms with E-state index in [0.29, 0.717) is 6.04 Å². The quantitative estimate of drug-likeness (QED) is 0.514. The normalized spacial score (nSPS) is 15.9. The van der Waals surface area contributed by atoms with Crippen molar-refractivity contribution in [1.29, 1.82) is 0 Å². The van der Waals surface area contributed by atoms with Gasteiger partial charge in [0.05, 0.1) is 0 Å². The first-order valence-electron chi connectivity index (χ1n) is 5.30. The molecule has 2 rings (SSSR count). The molecular weight excluding hydrogens is 315 g/mol. The number of hydrogen-bond acceptors (Lipinski definition) is 3. The van der Waals surface area contributed by atoms with Gasteiger partial charge in [-0.3, -0.25) is 0 Å². The second-order valence-electron chi connectivity index (χ2n) is 3.81. The molecule has 0 aliphatic carbocycles. The Morgan fingerprint density at radius 3 is 3.00 bits per heavy atom. The van der Waals surface area contributed by atoms with Crippen LogP contribution in [0.15, 0.2) is 23.2 Å². The standard InChI is InChI=1S/C11H16IN4/c1-8(2)16-7-15-9-6-14-10(13-3)4-5-12-11(9)16/h4,6-8,13H,5H2,1-3H3/q-1. The molecule has 5 heteroatoms. The number of nitrogens with one attached hydrogen (secondary N) is 1. The molecule has 0 spiro atoms. The molecule has 0 radical (unpaired) electrons. The number of halogens is 1. The van der Waals surface area contributed by atoms with E-state index in [1.165, 1.54) is 3.70 Å². The number of rotatable bonds is 2. The molecule has 0 atom stereocenters. The van der Waals surface area contributed by atoms with Gasteiger partial charge in [-0.2, -0.15) is 0 Å². The van der Waals surface area contributed by atoms with Crippen molar-refractivity contribution in [1.82, 2.24) is 14.9 Å². The summed E-state index contributed by atoms with van der Waals surface area (Å²) in [6.07, 6.45) is 5.98. The Balaban J connectivity index is 2.35. The van der Waals surface area contributed by atoms with E-state index < -0.39 is 0 Å². The van der Waals surface area contributed by atoms with Crippen LogP contribution in [0, 0.1) is 3.70 Å². The van der Waals surface area contributed by atoms with Crippen LogP contribution in [0.4, 0.5) is 0 Å². The van der Waals surface area contributed by atoms with Gasteiger partial charge in [-0.1, -0.05) is 0 Å². The molecule has 0 unspecified atom stereocenters. The third kappa shape index (κ3) is 2.28. The zero-order valence-corrected chi connectivity index (χ0v) is 11.9. The number of allylic oxidation sites excluding steroid dienone is 1. The summed E-state index contributed by atoms with van der Waals surface area (Å²) in [7, 11) is 1.90. The van der Waals surface area contributed by atoms with Crippen LogP contribution in [-0.2, 0) is 0 Å². The second-order valence-corrected chi connectivity index (χ2v) is 6.47. The first-order chi connectivity index (χ1) is 7.72. The van der Waals surface area contributed by atoms with Crippen LogP contribution < -0.4 is 26.5 Å². The maximum absolute atomic E-state index is 4.43. The average Bonchev–Trinajstić information content (AvgIpc) is 2.61. The van der Waals surface area contributed by atoms with E-state index in [-0.39, 0.29) is 21.2 Å². The summed E-state index contributed by atoms with van der Waals surface area (Å²) in [6, 6.07) is 0.483. The van der Waals surface area contributed by atoms with Gasteiger partial charge in [0.25, 0.3) is 0 Å². The molecule has 0 aromatic carbocycles. The van der Waals surface area contributed by atoms with E-state index in [9.17, 15) is 0 Å². The molecule has 1 N–H and O–H groups in total. The first kappa shape index (κ1) is 11.6. The van der Waals surface area contributed by atoms with Crippen molar-refractivity contribution < 1.29 is 21.2 Å². The Morgan fingerprint density at radius 1 is 1.50 bits per heavy atom. The van der Waals surface area contributed by atoms with E-state index in [4.69, 9.17) is 0 Å². The van der Waals surface area contributed by atoms with Crippen LogP contribution >= 0.6 is 0 Å². The fourth-order valence-electron chi connectivity index (χ4n) is 1.48. The fourth-order valence-corrected chi connectivity index (χ4v) is 4.28. The molecule has 0 amide bonds. The van der Waals surface area contributed by atoms with Gasteiger partial charge in [-0.25, -0.2) is 0 Å². The Hall–Kier alpha value is -0.850. The molecular formula is C11H16IN4-. The SMILES string of the molecule is CNC1=CC[I-]c2c(ncn2C(C)C)C=N1. The molecule has 0 saturated heterocycles. The van der Waals surface area contributed by atoms with Crippen molar-refractivity contribution in [2.75, 3.05) is 11.5 Å². The molecule has 88 valence electrons. The number of hydrogen-bond donors (Lipinski definition) is 1. The Labute approximate surface area is 106 Å². The maximum atomic E-state index is 4.43. The molecule has 1 aromatic rings. The molecule has 0 bridgehead atoms. The molecule has 1 aliphatic rings. The summed E-state index contributed by atoms with van der Waals surface area (Å²) >= 11 is -0.00822. The van der Waals surface area contributed by atoms with Gasteiger partial charge in [-0.15, -0.1) is 0 Å². The van der Waals surface area contributed by atoms with Crippen LogP contribution in [0.2, 0.25) is 0 Å². The van der Waals surface area contributed by atoms with Crippen molar-refractivity contribution in [3.63, 3.8) is 0 Å². The summed E-state index contributed by atoms with van der Waals surface area (Å²) in [4.78, 5) is 8.82. The summed E-state index contributed by atoms with van der Waals surface area (Å²) in [5.41, 5.74) is 1.04. The third-order valence-corrected chi connectivity index (χ3v) is 5.08. The van der Waals surface area contributed by atoms with Gasteiger partial charge >= 0.3 is 106 Å². The van der Waals surface area contributed by atoms with Gasteiger partial charge in [0.15, 0.2) is 0 Å². The zero-order valence-electron chi connectivity index (χ0n) is 9.74. The Kier molecular flexibility index (Phi) is 3.63. The minimum absolute atomic E-state index is 0.00822. The molecule has 2 heterocycles. The van der Waals surface area contributed by atoms with Crippen LogP contribution in [0.5, 0.6) is 0 Å². The zero-order chi connectivity index (χ0) is 11.5. The van der Waals surface area contributed by atoms with Crippen LogP contribution in [-0.4, -0.2) is 27.2 Å². The monoisotopic (exact) mass is 331 g/mol. The van der Waals surface area contributed by atoms with Crippen molar-refractivity contribution >= 4 is 6.21 Å². The molecule has 1 aromatic heterocycles. The molecule has 4 nitrogen and oxygen atoms in total. The first-order valence-corrected chi connectivity index (χ1v) is 7.90. The average molecular weight is 331 g/mol. The van der Waals surface area contributed by atoms with E-state index in [1.807, 2.05) is 19.6 Å². The van der Waals surface area contributed by atoms with E-state index in [2.05, 4.69) is 39.8 Å². The Bertz CT molecular complexity index is 431. The van der Waals surface area contributed by atoms with Crippen molar-refractivity contribution in [3.05, 3.63) is 27.6 Å². The van der Waals surface area contributed by atoms with Crippen LogP contribution in [0.1, 0.15) is 25.6 Å². The van der Waals surface area contributed by atoms with Crippen LogP contribution in [0.3, 0.4) is 0 Å². The van der Waals surface area contributed by atoms with Crippen molar-refractivity contribution in [3.8, 4) is 0 Å². The fraction of sp³-hybridized carbons (Fsp3) is 0.455. The van der Waals surface area contributed by atoms with Crippen molar-refractivity contribution in [2.45, 2.75) is 19.9 Å². The summed E-state index contributed by atoms with van der Waals surface area (Å²) in [5.74, 6) is 0.949. The number of fused-ring (bicyclic) bond motifs is 1. The number of aromatic nitrogens is 2. The van der Waals surface area contributed by atoms with Crippen molar-refractivity contribution in [2.24, 2.45) is 4.99 Å². The number of alkyl halides is 1. The molecule has 1 aliphatic heterocycles. The predicted molar refractivity (Wildman–Crippen MR) is 60.9 cm³/mol. The van der Waals surface area contributed by atoms with Gasteiger partial charge in [0.1, 0.15) is 0 Å². The molecule has 0 fully saturated rings. The number of imidazole rings is 1. The minimum atomic E-state index is -0.00822. The Morgan fingerprint density at radius 2 is 2.31 bits per heavy atom. The van der Waals surface area contributed by atoms with E-state index in [1.54, 1.807) is 0 Å². The molecule has 0 saturated carbocycles. The summed E-state index contributed by atoms with van der Waals surface area (Å²) in [6.45, 7) is 4.38. The van der Waals surface area contributed by atoms with Crippen LogP contribution in [0.25, 0.3) is 0 Å². The summed E-state index contributed by atoms with van der Waals surface area (Å²) < 4.78 is 4.77. The number of aliphatic imine (C=N–C) groups is 1. The second kappa shape index (κ2) is 4.99. The van der Waals surface area contributed by atoms with Gasteiger partial charge in [-0.05, 0) is 0 Å². The molecule has 16 heavy (non-hydrogen) atoms. The van der Waals surface area contributed by atoms with Gasteiger partial charge < -0.3 is 0 Å².